The van der Waals surface area contributed by atoms with Gasteiger partial charge in [-0.1, -0.05) is 43.2 Å². The van der Waals surface area contributed by atoms with Crippen molar-refractivity contribution in [1.82, 2.24) is 9.80 Å². The van der Waals surface area contributed by atoms with Crippen LogP contribution in [0.1, 0.15) is 61.7 Å². The van der Waals surface area contributed by atoms with E-state index in [9.17, 15) is 4.79 Å². The Bertz CT molecular complexity index is 573. The minimum Gasteiger partial charge on any atom is -0.303 e. The molecule has 174 valence electrons. The fraction of sp³-hybridized carbons (Fsp3) is 0.731. The SMILES string of the molecule is O=C(c1ccccc1)C(CCSCCN1CCCCC1)CCSCCN1CCCCC1. The number of nitrogens with zero attached hydrogens (tertiary/aromatic N) is 2. The van der Waals surface area contributed by atoms with E-state index in [2.05, 4.69) is 9.80 Å². The van der Waals surface area contributed by atoms with Crippen LogP contribution >= 0.6 is 23.5 Å². The number of benzene rings is 1. The van der Waals surface area contributed by atoms with Crippen molar-refractivity contribution >= 4 is 29.3 Å². The van der Waals surface area contributed by atoms with E-state index in [-0.39, 0.29) is 5.92 Å². The first-order valence-corrected chi connectivity index (χ1v) is 14.8. The molecule has 0 amide bonds. The van der Waals surface area contributed by atoms with E-state index in [0.29, 0.717) is 5.78 Å². The zero-order chi connectivity index (χ0) is 21.6. The Kier molecular flexibility index (Phi) is 12.5. The first-order chi connectivity index (χ1) is 15.3. The monoisotopic (exact) mass is 462 g/mol. The average molecular weight is 463 g/mol. The van der Waals surface area contributed by atoms with E-state index in [1.54, 1.807) is 0 Å². The van der Waals surface area contributed by atoms with Gasteiger partial charge in [-0.2, -0.15) is 23.5 Å². The molecule has 3 nitrogen and oxygen atoms in total. The maximum Gasteiger partial charge on any atom is 0.165 e. The molecule has 0 N–H and O–H groups in total. The van der Waals surface area contributed by atoms with Gasteiger partial charge in [0.1, 0.15) is 0 Å². The number of likely N-dealkylation sites (tertiary alicyclic amines) is 2. The summed E-state index contributed by atoms with van der Waals surface area (Å²) in [6, 6.07) is 9.96. The molecule has 2 fully saturated rings. The molecule has 0 bridgehead atoms. The number of carbonyl (C=O) groups is 1. The summed E-state index contributed by atoms with van der Waals surface area (Å²) in [5.74, 6) is 5.15. The molecule has 2 aliphatic heterocycles. The second kappa shape index (κ2) is 15.4. The van der Waals surface area contributed by atoms with E-state index in [0.717, 1.165) is 29.9 Å². The van der Waals surface area contributed by atoms with E-state index in [4.69, 9.17) is 0 Å². The molecule has 0 atom stereocenters. The lowest BCUT2D eigenvalue weighted by Crippen LogP contribution is -2.31. The second-order valence-corrected chi connectivity index (χ2v) is 11.5. The molecule has 31 heavy (non-hydrogen) atoms. The number of carbonyl (C=O) groups excluding carboxylic acids is 1. The van der Waals surface area contributed by atoms with Crippen LogP contribution in [0.25, 0.3) is 0 Å². The van der Waals surface area contributed by atoms with E-state index < -0.39 is 0 Å². The number of hydrogen-bond acceptors (Lipinski definition) is 5. The lowest BCUT2D eigenvalue weighted by molar-refractivity contribution is 0.0915. The highest BCUT2D eigenvalue weighted by Gasteiger charge is 2.20. The van der Waals surface area contributed by atoms with Crippen molar-refractivity contribution in [2.75, 3.05) is 62.3 Å². The molecule has 0 saturated carbocycles. The minimum atomic E-state index is 0.173. The minimum absolute atomic E-state index is 0.173. The fourth-order valence-corrected chi connectivity index (χ4v) is 6.74. The zero-order valence-electron chi connectivity index (χ0n) is 19.3. The van der Waals surface area contributed by atoms with Crippen molar-refractivity contribution in [3.05, 3.63) is 35.9 Å². The Morgan fingerprint density at radius 3 is 1.68 bits per heavy atom. The van der Waals surface area contributed by atoms with E-state index in [1.807, 2.05) is 53.9 Å². The van der Waals surface area contributed by atoms with Crippen LogP contribution in [-0.2, 0) is 0 Å². The van der Waals surface area contributed by atoms with Crippen LogP contribution in [-0.4, -0.2) is 77.9 Å². The smallest absolute Gasteiger partial charge is 0.165 e. The van der Waals surface area contributed by atoms with E-state index >= 15 is 0 Å². The van der Waals surface area contributed by atoms with Gasteiger partial charge in [0, 0.05) is 36.1 Å². The van der Waals surface area contributed by atoms with Gasteiger partial charge in [0.05, 0.1) is 0 Å². The third kappa shape index (κ3) is 9.89. The van der Waals surface area contributed by atoms with Crippen molar-refractivity contribution < 1.29 is 4.79 Å². The molecular formula is C26H42N2OS2. The third-order valence-corrected chi connectivity index (χ3v) is 8.64. The highest BCUT2D eigenvalue weighted by Crippen LogP contribution is 2.22. The van der Waals surface area contributed by atoms with Crippen LogP contribution in [0.4, 0.5) is 0 Å². The van der Waals surface area contributed by atoms with Crippen LogP contribution in [0, 0.1) is 5.92 Å². The number of hydrogen-bond donors (Lipinski definition) is 0. The number of rotatable bonds is 14. The van der Waals surface area contributed by atoms with Crippen LogP contribution in [0.15, 0.2) is 30.3 Å². The topological polar surface area (TPSA) is 23.6 Å². The Labute approximate surface area is 199 Å². The fourth-order valence-electron chi connectivity index (χ4n) is 4.65. The average Bonchev–Trinajstić information content (AvgIpc) is 2.84. The maximum absolute atomic E-state index is 13.1. The second-order valence-electron chi connectivity index (χ2n) is 9.03. The van der Waals surface area contributed by atoms with Gasteiger partial charge < -0.3 is 9.80 Å². The first-order valence-electron chi connectivity index (χ1n) is 12.5. The lowest BCUT2D eigenvalue weighted by atomic mass is 9.93. The van der Waals surface area contributed by atoms with Gasteiger partial charge in [-0.3, -0.25) is 4.79 Å². The van der Waals surface area contributed by atoms with Gasteiger partial charge in [-0.25, -0.2) is 0 Å². The molecule has 3 rings (SSSR count). The molecule has 0 radical (unpaired) electrons. The summed E-state index contributed by atoms with van der Waals surface area (Å²) in [5, 5.41) is 0. The predicted molar refractivity (Wildman–Crippen MR) is 139 cm³/mol. The predicted octanol–water partition coefficient (Wildman–Crippen LogP) is 5.70. The molecule has 5 heteroatoms. The highest BCUT2D eigenvalue weighted by atomic mass is 32.2. The number of piperidine rings is 2. The molecule has 0 spiro atoms. The summed E-state index contributed by atoms with van der Waals surface area (Å²) in [6.45, 7) is 7.56. The normalized spacial score (nSPS) is 18.5. The van der Waals surface area contributed by atoms with E-state index in [1.165, 1.54) is 89.3 Å². The van der Waals surface area contributed by atoms with Crippen LogP contribution < -0.4 is 0 Å². The molecule has 2 saturated heterocycles. The Balaban J connectivity index is 1.36. The third-order valence-electron chi connectivity index (χ3n) is 6.65. The quantitative estimate of drug-likeness (QED) is 0.260. The number of thioether (sulfide) groups is 2. The van der Waals surface area contributed by atoms with Crippen LogP contribution in [0.5, 0.6) is 0 Å². The molecule has 1 aromatic rings. The summed E-state index contributed by atoms with van der Waals surface area (Å²) in [6.07, 6.45) is 10.3. The van der Waals surface area contributed by atoms with Gasteiger partial charge in [0.25, 0.3) is 0 Å². The van der Waals surface area contributed by atoms with Crippen LogP contribution in [0.3, 0.4) is 0 Å². The summed E-state index contributed by atoms with van der Waals surface area (Å²) in [4.78, 5) is 18.4. The summed E-state index contributed by atoms with van der Waals surface area (Å²) in [7, 11) is 0. The van der Waals surface area contributed by atoms with Crippen molar-refractivity contribution in [1.29, 1.82) is 0 Å². The van der Waals surface area contributed by atoms with Gasteiger partial charge in [0.2, 0.25) is 0 Å². The van der Waals surface area contributed by atoms with Crippen molar-refractivity contribution in [3.63, 3.8) is 0 Å². The number of Topliss-reactive ketones (excluding diaryl/α,β-unsaturated/α-hetero) is 1. The molecule has 0 aromatic heterocycles. The van der Waals surface area contributed by atoms with Crippen molar-refractivity contribution in [2.45, 2.75) is 51.4 Å². The first kappa shape index (κ1) is 25.1. The summed E-state index contributed by atoms with van der Waals surface area (Å²) < 4.78 is 0. The maximum atomic E-state index is 13.1. The van der Waals surface area contributed by atoms with Gasteiger partial charge in [0.15, 0.2) is 5.78 Å². The molecule has 1 aromatic carbocycles. The van der Waals surface area contributed by atoms with Gasteiger partial charge in [-0.05, 0) is 76.2 Å². The van der Waals surface area contributed by atoms with Crippen molar-refractivity contribution in [3.8, 4) is 0 Å². The highest BCUT2D eigenvalue weighted by molar-refractivity contribution is 7.99. The Morgan fingerprint density at radius 2 is 1.19 bits per heavy atom. The summed E-state index contributed by atoms with van der Waals surface area (Å²) in [5.41, 5.74) is 0.893. The lowest BCUT2D eigenvalue weighted by Gasteiger charge is -2.26. The summed E-state index contributed by atoms with van der Waals surface area (Å²) >= 11 is 4.09. The molecule has 2 heterocycles. The molecule has 2 aliphatic rings. The Hall–Kier alpha value is -0.490. The standard InChI is InChI=1S/C26H42N2OS2/c29-26(24-10-4-1-5-11-24)25(12-20-30-22-18-27-14-6-2-7-15-27)13-21-31-23-19-28-16-8-3-9-17-28/h1,4-5,10-11,25H,2-3,6-9,12-23H2. The zero-order valence-corrected chi connectivity index (χ0v) is 20.9. The largest absolute Gasteiger partial charge is 0.303 e. The molecule has 0 aliphatic carbocycles. The van der Waals surface area contributed by atoms with Crippen LogP contribution in [0.2, 0.25) is 0 Å². The van der Waals surface area contributed by atoms with Crippen molar-refractivity contribution in [2.24, 2.45) is 5.92 Å². The van der Waals surface area contributed by atoms with Gasteiger partial charge in [-0.15, -0.1) is 0 Å². The number of ketones is 1. The Morgan fingerprint density at radius 1 is 0.710 bits per heavy atom. The molecule has 0 unspecified atom stereocenters. The molecular weight excluding hydrogens is 420 g/mol. The van der Waals surface area contributed by atoms with Gasteiger partial charge >= 0.3 is 0 Å².